The van der Waals surface area contributed by atoms with Crippen LogP contribution in [0.25, 0.3) is 10.9 Å². The van der Waals surface area contributed by atoms with E-state index in [1.54, 1.807) is 18.2 Å². The van der Waals surface area contributed by atoms with E-state index in [2.05, 4.69) is 27.0 Å². The molecule has 3 amide bonds. The number of carbonyl (C=O) groups is 3. The number of amides is 3. The molecule has 36 heavy (non-hydrogen) atoms. The van der Waals surface area contributed by atoms with Crippen LogP contribution in [0.5, 0.6) is 5.75 Å². The Morgan fingerprint density at radius 3 is 2.53 bits per heavy atom. The molecule has 3 unspecified atom stereocenters. The first kappa shape index (κ1) is 27.3. The van der Waals surface area contributed by atoms with E-state index in [-0.39, 0.29) is 34.9 Å². The van der Waals surface area contributed by atoms with Gasteiger partial charge in [0.05, 0.1) is 18.7 Å². The Morgan fingerprint density at radius 2 is 1.97 bits per heavy atom. The molecule has 1 aliphatic rings. The molecule has 1 fully saturated rings. The second-order valence-corrected chi connectivity index (χ2v) is 11.7. The predicted octanol–water partition coefficient (Wildman–Crippen LogP) is 3.68. The highest BCUT2D eigenvalue weighted by Gasteiger charge is 2.39. The van der Waals surface area contributed by atoms with E-state index in [0.717, 1.165) is 0 Å². The number of nitrogens with one attached hydrogen (secondary N) is 4. The van der Waals surface area contributed by atoms with E-state index in [4.69, 9.17) is 16.3 Å². The van der Waals surface area contributed by atoms with Crippen LogP contribution in [-0.4, -0.2) is 47.4 Å². The van der Waals surface area contributed by atoms with Crippen LogP contribution in [-0.2, 0) is 9.59 Å². The molecule has 0 bridgehead atoms. The van der Waals surface area contributed by atoms with Crippen molar-refractivity contribution in [3.63, 3.8) is 0 Å². The van der Waals surface area contributed by atoms with Gasteiger partial charge >= 0.3 is 0 Å². The van der Waals surface area contributed by atoms with Gasteiger partial charge in [0.1, 0.15) is 23.5 Å². The molecule has 1 aromatic carbocycles. The Balaban J connectivity index is 1.76. The van der Waals surface area contributed by atoms with Crippen molar-refractivity contribution in [3.8, 4) is 11.8 Å². The molecule has 10 heteroatoms. The van der Waals surface area contributed by atoms with Gasteiger partial charge in [-0.25, -0.2) is 0 Å². The van der Waals surface area contributed by atoms with Gasteiger partial charge < -0.3 is 25.7 Å². The van der Waals surface area contributed by atoms with E-state index < -0.39 is 23.9 Å². The molecule has 0 spiro atoms. The zero-order valence-corrected chi connectivity index (χ0v) is 22.3. The number of aromatic amines is 1. The van der Waals surface area contributed by atoms with E-state index >= 15 is 0 Å². The van der Waals surface area contributed by atoms with Crippen LogP contribution in [0.2, 0.25) is 5.02 Å². The molecule has 2 aromatic rings. The number of nitrogens with zero attached hydrogens (tertiary/aromatic N) is 1. The largest absolute Gasteiger partial charge is 0.496 e. The summed E-state index contributed by atoms with van der Waals surface area (Å²) in [6.07, 6.45) is 1.13. The lowest BCUT2D eigenvalue weighted by Crippen LogP contribution is -2.51. The highest BCUT2D eigenvalue weighted by Crippen LogP contribution is 2.31. The fourth-order valence-electron chi connectivity index (χ4n) is 4.61. The molecule has 1 aliphatic heterocycles. The van der Waals surface area contributed by atoms with Crippen LogP contribution >= 0.6 is 11.6 Å². The lowest BCUT2D eigenvalue weighted by molar-refractivity contribution is -0.125. The van der Waals surface area contributed by atoms with Crippen LogP contribution in [0.3, 0.4) is 0 Å². The number of fused-ring (bicyclic) bond motifs is 1. The molecule has 4 N–H and O–H groups in total. The van der Waals surface area contributed by atoms with E-state index in [1.807, 2.05) is 34.6 Å². The van der Waals surface area contributed by atoms with Crippen molar-refractivity contribution >= 4 is 40.2 Å². The third kappa shape index (κ3) is 6.70. The first-order valence-corrected chi connectivity index (χ1v) is 12.3. The number of H-pyrrole nitrogens is 1. The van der Waals surface area contributed by atoms with Crippen molar-refractivity contribution in [1.82, 2.24) is 20.9 Å². The monoisotopic (exact) mass is 515 g/mol. The van der Waals surface area contributed by atoms with Gasteiger partial charge in [-0.2, -0.15) is 5.26 Å². The Bertz CT molecular complexity index is 1210. The van der Waals surface area contributed by atoms with E-state index in [9.17, 15) is 19.6 Å². The summed E-state index contributed by atoms with van der Waals surface area (Å²) in [6, 6.07) is 5.33. The highest BCUT2D eigenvalue weighted by molar-refractivity contribution is 6.31. The number of benzene rings is 1. The maximum atomic E-state index is 13.2. The third-order valence-corrected chi connectivity index (χ3v) is 6.37. The average molecular weight is 516 g/mol. The summed E-state index contributed by atoms with van der Waals surface area (Å²) in [5.74, 6) is -0.914. The van der Waals surface area contributed by atoms with Gasteiger partial charge in [-0.15, -0.1) is 0 Å². The zero-order valence-electron chi connectivity index (χ0n) is 21.5. The summed E-state index contributed by atoms with van der Waals surface area (Å²) in [5.41, 5.74) is 0.243. The molecule has 0 saturated carbocycles. The molecule has 0 aliphatic carbocycles. The number of hydrogen-bond acceptors (Lipinski definition) is 5. The van der Waals surface area contributed by atoms with Crippen molar-refractivity contribution in [2.45, 2.75) is 71.5 Å². The summed E-state index contributed by atoms with van der Waals surface area (Å²) in [5, 5.41) is 19.3. The highest BCUT2D eigenvalue weighted by atomic mass is 35.5. The molecule has 9 nitrogen and oxygen atoms in total. The Hall–Kier alpha value is -3.25. The van der Waals surface area contributed by atoms with Crippen molar-refractivity contribution < 1.29 is 19.1 Å². The van der Waals surface area contributed by atoms with Crippen LogP contribution in [0.15, 0.2) is 18.2 Å². The Morgan fingerprint density at radius 1 is 1.28 bits per heavy atom. The van der Waals surface area contributed by atoms with Gasteiger partial charge in [-0.3, -0.25) is 14.4 Å². The van der Waals surface area contributed by atoms with Crippen LogP contribution in [0.4, 0.5) is 0 Å². The number of ether oxygens (including phenoxy) is 1. The number of aromatic nitrogens is 1. The summed E-state index contributed by atoms with van der Waals surface area (Å²) < 4.78 is 5.36. The first-order valence-electron chi connectivity index (χ1n) is 11.9. The van der Waals surface area contributed by atoms with Gasteiger partial charge in [0.2, 0.25) is 11.8 Å². The van der Waals surface area contributed by atoms with Crippen LogP contribution in [0, 0.1) is 22.7 Å². The van der Waals surface area contributed by atoms with Gasteiger partial charge in [-0.1, -0.05) is 32.4 Å². The number of methoxy groups -OCH3 is 1. The normalized spacial score (nSPS) is 18.7. The lowest BCUT2D eigenvalue weighted by Gasteiger charge is -2.27. The van der Waals surface area contributed by atoms with Crippen molar-refractivity contribution in [1.29, 1.82) is 5.26 Å². The standard InChI is InChI=1S/C26H34ClN5O4/c1-25(2,3)12-20(24(35)29-16(13-28)7-14-11-26(4,5)32-22(14)33)31-23(34)19-10-17-18(30-19)8-15(27)9-21(17)36-6/h8-10,14,16,20,30H,7,11-12H2,1-6H3,(H,29,35)(H,31,34)(H,32,33). The quantitative estimate of drug-likeness (QED) is 0.425. The average Bonchev–Trinajstić information content (AvgIpc) is 3.30. The summed E-state index contributed by atoms with van der Waals surface area (Å²) >= 11 is 6.13. The minimum Gasteiger partial charge on any atom is -0.496 e. The van der Waals surface area contributed by atoms with Gasteiger partial charge in [-0.05, 0) is 56.7 Å². The fourth-order valence-corrected chi connectivity index (χ4v) is 4.81. The minimum absolute atomic E-state index is 0.122. The predicted molar refractivity (Wildman–Crippen MR) is 138 cm³/mol. The fraction of sp³-hybridized carbons (Fsp3) is 0.538. The summed E-state index contributed by atoms with van der Waals surface area (Å²) in [6.45, 7) is 9.73. The van der Waals surface area contributed by atoms with E-state index in [0.29, 0.717) is 34.5 Å². The molecular weight excluding hydrogens is 482 g/mol. The van der Waals surface area contributed by atoms with Crippen molar-refractivity contribution in [2.75, 3.05) is 7.11 Å². The first-order chi connectivity index (χ1) is 16.7. The van der Waals surface area contributed by atoms with Gasteiger partial charge in [0.25, 0.3) is 5.91 Å². The number of carbonyl (C=O) groups excluding carboxylic acids is 3. The molecule has 2 heterocycles. The molecule has 3 rings (SSSR count). The second-order valence-electron chi connectivity index (χ2n) is 11.2. The molecule has 0 radical (unpaired) electrons. The topological polar surface area (TPSA) is 136 Å². The van der Waals surface area contributed by atoms with Crippen molar-refractivity contribution in [3.05, 3.63) is 28.9 Å². The maximum Gasteiger partial charge on any atom is 0.268 e. The van der Waals surface area contributed by atoms with E-state index in [1.165, 1.54) is 7.11 Å². The lowest BCUT2D eigenvalue weighted by atomic mass is 9.87. The molecule has 1 aromatic heterocycles. The smallest absolute Gasteiger partial charge is 0.268 e. The van der Waals surface area contributed by atoms with Crippen LogP contribution < -0.4 is 20.7 Å². The zero-order chi connectivity index (χ0) is 26.8. The molecule has 194 valence electrons. The summed E-state index contributed by atoms with van der Waals surface area (Å²) in [4.78, 5) is 41.7. The number of hydrogen-bond donors (Lipinski definition) is 4. The number of halogens is 1. The third-order valence-electron chi connectivity index (χ3n) is 6.15. The maximum absolute atomic E-state index is 13.2. The second kappa shape index (κ2) is 10.4. The summed E-state index contributed by atoms with van der Waals surface area (Å²) in [7, 11) is 1.52. The molecular formula is C26H34ClN5O4. The Labute approximate surface area is 216 Å². The molecule has 1 saturated heterocycles. The number of nitriles is 1. The van der Waals surface area contributed by atoms with Crippen LogP contribution in [0.1, 0.15) is 64.4 Å². The molecule has 3 atom stereocenters. The van der Waals surface area contributed by atoms with Gasteiger partial charge in [0, 0.05) is 21.9 Å². The van der Waals surface area contributed by atoms with Gasteiger partial charge in [0.15, 0.2) is 0 Å². The number of rotatable bonds is 8. The minimum atomic E-state index is -0.890. The SMILES string of the molecule is COc1cc(Cl)cc2[nH]c(C(=O)NC(CC(C)(C)C)C(=O)NC(C#N)CC3CC(C)(C)NC3=O)cc12. The Kier molecular flexibility index (Phi) is 7.89. The van der Waals surface area contributed by atoms with Crippen molar-refractivity contribution in [2.24, 2.45) is 11.3 Å².